The highest BCUT2D eigenvalue weighted by Crippen LogP contribution is 2.45. The maximum absolute atomic E-state index is 12.6. The van der Waals surface area contributed by atoms with Gasteiger partial charge in [-0.15, -0.1) is 0 Å². The van der Waals surface area contributed by atoms with Gasteiger partial charge in [-0.05, 0) is 87.6 Å². The van der Waals surface area contributed by atoms with E-state index in [1.54, 1.807) is 6.20 Å². The van der Waals surface area contributed by atoms with Crippen LogP contribution in [0.3, 0.4) is 0 Å². The van der Waals surface area contributed by atoms with Crippen LogP contribution in [0.15, 0.2) is 67.0 Å². The van der Waals surface area contributed by atoms with Crippen molar-refractivity contribution in [1.82, 2.24) is 14.3 Å². The molecule has 1 saturated heterocycles. The number of nitriles is 1. The first-order valence-electron chi connectivity index (χ1n) is 15.4. The molecule has 3 aromatic rings. The molecule has 2 aromatic carbocycles. The van der Waals surface area contributed by atoms with Crippen LogP contribution in [0, 0.1) is 11.3 Å². The number of rotatable bonds is 11. The van der Waals surface area contributed by atoms with Gasteiger partial charge in [0.1, 0.15) is 17.3 Å². The van der Waals surface area contributed by atoms with Gasteiger partial charge in [0.05, 0.1) is 34.5 Å². The zero-order valence-electron chi connectivity index (χ0n) is 26.0. The molecule has 1 radical (unpaired) electrons. The lowest BCUT2D eigenvalue weighted by Crippen LogP contribution is -2.56. The number of hydrogen-bond acceptors (Lipinski definition) is 6. The van der Waals surface area contributed by atoms with E-state index < -0.39 is 30.3 Å². The second-order valence-electron chi connectivity index (χ2n) is 12.8. The molecule has 1 aliphatic heterocycles. The van der Waals surface area contributed by atoms with Crippen LogP contribution < -0.4 is 10.2 Å². The average Bonchev–Trinajstić information content (AvgIpc) is 3.50. The summed E-state index contributed by atoms with van der Waals surface area (Å²) in [5, 5.41) is 20.0. The minimum atomic E-state index is -1.40. The first-order chi connectivity index (χ1) is 21.1. The quantitative estimate of drug-likeness (QED) is 0.276. The molecule has 0 spiro atoms. The summed E-state index contributed by atoms with van der Waals surface area (Å²) in [6.07, 6.45) is 12.0. The standard InChI is InChI=1S/C34H43N4O4SSi/c1-33(2,3)43(40)37-34(24-35)21-29(22-34)28-15-13-27(14-16-28)26-11-8-25(9-12-26)10-17-30(23-39)38-19-18-36-32(38)44(4)42-31-7-5-6-20-41-31/h8-19,29-31,37,39H,5-7,20-23H2,1-4H3/b17-10+/t29?,30-,31?,34?,43?/m0/s1. The second kappa shape index (κ2) is 14.0. The van der Waals surface area contributed by atoms with Crippen LogP contribution in [0.25, 0.3) is 17.2 Å². The zero-order valence-corrected chi connectivity index (χ0v) is 27.8. The minimum absolute atomic E-state index is 0.0413. The van der Waals surface area contributed by atoms with E-state index in [1.807, 2.05) is 43.7 Å². The van der Waals surface area contributed by atoms with Crippen molar-refractivity contribution in [3.05, 3.63) is 78.1 Å². The van der Waals surface area contributed by atoms with Gasteiger partial charge in [0.25, 0.3) is 9.04 Å². The maximum atomic E-state index is 12.6. The number of aliphatic hydroxyl groups excluding tert-OH is 1. The van der Waals surface area contributed by atoms with Gasteiger partial charge in [-0.25, -0.2) is 13.9 Å². The van der Waals surface area contributed by atoms with E-state index in [-0.39, 0.29) is 24.9 Å². The molecule has 1 saturated carbocycles. The van der Waals surface area contributed by atoms with Gasteiger partial charge in [-0.1, -0.05) is 60.7 Å². The molecule has 44 heavy (non-hydrogen) atoms. The SMILES string of the molecule is C[Si](OC1CCCCO1)c1nccn1[C@@H](/C=C/c1ccc(-c2ccc(C3CC(C#N)(NS(=O)C(C)(C)C)C3)cc2)cc1)CO. The monoisotopic (exact) mass is 631 g/mol. The molecule has 0 bridgehead atoms. The van der Waals surface area contributed by atoms with E-state index in [0.717, 1.165) is 48.0 Å². The molecule has 233 valence electrons. The largest absolute Gasteiger partial charge is 0.394 e. The van der Waals surface area contributed by atoms with E-state index in [1.165, 1.54) is 5.56 Å². The summed E-state index contributed by atoms with van der Waals surface area (Å²) in [7, 11) is -2.67. The summed E-state index contributed by atoms with van der Waals surface area (Å²) in [5.41, 5.74) is 4.62. The minimum Gasteiger partial charge on any atom is -0.394 e. The first-order valence-corrected chi connectivity index (χ1v) is 18.4. The van der Waals surface area contributed by atoms with Gasteiger partial charge in [0.15, 0.2) is 0 Å². The Kier molecular flexibility index (Phi) is 10.4. The first kappa shape index (κ1) is 32.5. The van der Waals surface area contributed by atoms with Crippen LogP contribution >= 0.6 is 0 Å². The number of aliphatic hydroxyl groups is 1. The topological polar surface area (TPSA) is 109 Å². The van der Waals surface area contributed by atoms with E-state index in [0.29, 0.717) is 12.8 Å². The van der Waals surface area contributed by atoms with Gasteiger partial charge < -0.3 is 18.8 Å². The van der Waals surface area contributed by atoms with Crippen molar-refractivity contribution in [3.8, 4) is 17.2 Å². The lowest BCUT2D eigenvalue weighted by atomic mass is 9.67. The highest BCUT2D eigenvalue weighted by atomic mass is 32.2. The maximum Gasteiger partial charge on any atom is 0.289 e. The molecule has 0 amide bonds. The number of ether oxygens (including phenoxy) is 1. The Morgan fingerprint density at radius 3 is 2.48 bits per heavy atom. The molecular weight excluding hydrogens is 589 g/mol. The molecule has 2 unspecified atom stereocenters. The van der Waals surface area contributed by atoms with Crippen molar-refractivity contribution in [2.75, 3.05) is 13.2 Å². The molecule has 8 nitrogen and oxygen atoms in total. The van der Waals surface area contributed by atoms with Crippen LogP contribution in [0.2, 0.25) is 6.55 Å². The molecule has 1 aromatic heterocycles. The summed E-state index contributed by atoms with van der Waals surface area (Å²) in [6.45, 7) is 8.51. The highest BCUT2D eigenvalue weighted by molar-refractivity contribution is 7.84. The lowest BCUT2D eigenvalue weighted by molar-refractivity contribution is -0.107. The van der Waals surface area contributed by atoms with Crippen molar-refractivity contribution in [1.29, 1.82) is 5.26 Å². The third-order valence-corrected chi connectivity index (χ3v) is 11.7. The van der Waals surface area contributed by atoms with Crippen LogP contribution in [0.5, 0.6) is 0 Å². The highest BCUT2D eigenvalue weighted by Gasteiger charge is 2.47. The number of imidazole rings is 1. The van der Waals surface area contributed by atoms with Crippen LogP contribution in [0.1, 0.15) is 76.0 Å². The lowest BCUT2D eigenvalue weighted by Gasteiger charge is -2.44. The number of hydrogen-bond donors (Lipinski definition) is 2. The molecule has 2 heterocycles. The van der Waals surface area contributed by atoms with E-state index in [4.69, 9.17) is 9.16 Å². The van der Waals surface area contributed by atoms with Crippen molar-refractivity contribution < 1.29 is 18.5 Å². The van der Waals surface area contributed by atoms with Gasteiger partial charge in [0.2, 0.25) is 0 Å². The molecule has 2 N–H and O–H groups in total. The Balaban J connectivity index is 1.18. The van der Waals surface area contributed by atoms with Crippen molar-refractivity contribution in [2.45, 2.75) is 88.0 Å². The summed E-state index contributed by atoms with van der Waals surface area (Å²) in [5.74, 6) is 0.272. The summed E-state index contributed by atoms with van der Waals surface area (Å²) >= 11 is 0. The predicted octanol–water partition coefficient (Wildman–Crippen LogP) is 5.36. The smallest absolute Gasteiger partial charge is 0.289 e. The van der Waals surface area contributed by atoms with Gasteiger partial charge in [-0.3, -0.25) is 0 Å². The number of nitrogens with zero attached hydrogens (tertiary/aromatic N) is 3. The van der Waals surface area contributed by atoms with Crippen LogP contribution in [-0.4, -0.2) is 57.7 Å². The van der Waals surface area contributed by atoms with Gasteiger partial charge >= 0.3 is 0 Å². The van der Waals surface area contributed by atoms with Gasteiger partial charge in [0, 0.05) is 19.0 Å². The number of aromatic nitrogens is 2. The van der Waals surface area contributed by atoms with Crippen molar-refractivity contribution in [3.63, 3.8) is 0 Å². The van der Waals surface area contributed by atoms with Crippen molar-refractivity contribution >= 4 is 31.5 Å². The number of benzene rings is 2. The molecular formula is C34H43N4O4SSi. The third-order valence-electron chi connectivity index (χ3n) is 8.36. The molecule has 2 fully saturated rings. The fraction of sp³-hybridized carbons (Fsp3) is 0.471. The van der Waals surface area contributed by atoms with Crippen molar-refractivity contribution in [2.24, 2.45) is 0 Å². The second-order valence-corrected chi connectivity index (χ2v) is 16.5. The average molecular weight is 632 g/mol. The fourth-order valence-corrected chi connectivity index (χ4v) is 8.07. The van der Waals surface area contributed by atoms with E-state index in [9.17, 15) is 14.6 Å². The van der Waals surface area contributed by atoms with Crippen LogP contribution in [-0.2, 0) is 20.1 Å². The zero-order chi connectivity index (χ0) is 31.3. The Labute approximate surface area is 265 Å². The Hall–Kier alpha value is -2.91. The third kappa shape index (κ3) is 7.65. The molecule has 10 heteroatoms. The Morgan fingerprint density at radius 1 is 1.20 bits per heavy atom. The van der Waals surface area contributed by atoms with E-state index >= 15 is 0 Å². The number of nitrogens with one attached hydrogen (secondary N) is 1. The summed E-state index contributed by atoms with van der Waals surface area (Å²) in [4.78, 5) is 4.56. The normalized spacial score (nSPS) is 23.8. The predicted molar refractivity (Wildman–Crippen MR) is 177 cm³/mol. The summed E-state index contributed by atoms with van der Waals surface area (Å²) < 4.78 is 29.2. The molecule has 3 atom stereocenters. The van der Waals surface area contributed by atoms with E-state index in [2.05, 4.69) is 70.9 Å². The fourth-order valence-electron chi connectivity index (χ4n) is 5.65. The van der Waals surface area contributed by atoms with Crippen LogP contribution in [0.4, 0.5) is 0 Å². The summed E-state index contributed by atoms with van der Waals surface area (Å²) in [6, 6.07) is 19.0. The molecule has 2 aliphatic rings. The Bertz CT molecular complexity index is 1480. The molecule has 5 rings (SSSR count). The van der Waals surface area contributed by atoms with Gasteiger partial charge in [-0.2, -0.15) is 5.26 Å². The molecule has 1 aliphatic carbocycles. The Morgan fingerprint density at radius 2 is 1.89 bits per heavy atom.